The fourth-order valence-corrected chi connectivity index (χ4v) is 2.35. The molecule has 1 aliphatic heterocycles. The maximum atomic E-state index is 11.6. The van der Waals surface area contributed by atoms with Crippen molar-refractivity contribution in [2.24, 2.45) is 5.92 Å². The van der Waals surface area contributed by atoms with Crippen LogP contribution in [0.25, 0.3) is 0 Å². The molecule has 1 aromatic rings. The summed E-state index contributed by atoms with van der Waals surface area (Å²) in [5.41, 5.74) is -0.546. The number of alkyl carbamates (subject to hydrolysis) is 1. The zero-order valence-corrected chi connectivity index (χ0v) is 12.9. The Morgan fingerprint density at radius 1 is 1.67 bits per heavy atom. The van der Waals surface area contributed by atoms with Gasteiger partial charge in [0.2, 0.25) is 5.88 Å². The minimum Gasteiger partial charge on any atom is -0.768 e. The molecule has 1 aromatic heterocycles. The first-order valence-corrected chi connectivity index (χ1v) is 7.58. The summed E-state index contributed by atoms with van der Waals surface area (Å²) in [5, 5.41) is 6.63. The molecule has 0 bridgehead atoms. The second-order valence-corrected chi connectivity index (χ2v) is 6.70. The Labute approximate surface area is 125 Å². The van der Waals surface area contributed by atoms with Crippen LogP contribution in [0.1, 0.15) is 20.8 Å². The fourth-order valence-electron chi connectivity index (χ4n) is 1.91. The van der Waals surface area contributed by atoms with Gasteiger partial charge in [0, 0.05) is 12.5 Å². The normalized spacial score (nSPS) is 19.3. The molecule has 1 aliphatic rings. The van der Waals surface area contributed by atoms with E-state index in [4.69, 9.17) is 9.47 Å². The first-order chi connectivity index (χ1) is 9.76. The van der Waals surface area contributed by atoms with Gasteiger partial charge in [-0.1, -0.05) is 0 Å². The Morgan fingerprint density at radius 2 is 2.38 bits per heavy atom. The van der Waals surface area contributed by atoms with Crippen LogP contribution in [0.5, 0.6) is 5.88 Å². The molecular weight excluding hydrogens is 298 g/mol. The Balaban J connectivity index is 1.88. The summed E-state index contributed by atoms with van der Waals surface area (Å²) in [6.07, 6.45) is 0.761. The van der Waals surface area contributed by atoms with Crippen molar-refractivity contribution in [3.63, 3.8) is 0 Å². The predicted molar refractivity (Wildman–Crippen MR) is 72.6 cm³/mol. The third kappa shape index (κ3) is 4.18. The number of aromatic nitrogens is 2. The van der Waals surface area contributed by atoms with Crippen LogP contribution in [-0.4, -0.2) is 43.4 Å². The highest BCUT2D eigenvalue weighted by Crippen LogP contribution is 2.26. The van der Waals surface area contributed by atoms with Crippen LogP contribution in [0.3, 0.4) is 0 Å². The first-order valence-electron chi connectivity index (χ1n) is 6.51. The lowest BCUT2D eigenvalue weighted by Crippen LogP contribution is -2.39. The van der Waals surface area contributed by atoms with Crippen molar-refractivity contribution in [2.45, 2.75) is 37.8 Å². The number of carbonyl (C=O) groups excluding carboxylic acids is 1. The van der Waals surface area contributed by atoms with Crippen molar-refractivity contribution >= 4 is 17.2 Å². The van der Waals surface area contributed by atoms with Crippen LogP contribution in [0.4, 0.5) is 4.79 Å². The third-order valence-corrected chi connectivity index (χ3v) is 3.40. The Hall–Kier alpha value is -1.61. The molecule has 0 fully saturated rings. The van der Waals surface area contributed by atoms with Gasteiger partial charge in [-0.2, -0.15) is 5.10 Å². The predicted octanol–water partition coefficient (Wildman–Crippen LogP) is 0.654. The monoisotopic (exact) mass is 316 g/mol. The molecule has 8 nitrogen and oxygen atoms in total. The molecule has 2 unspecified atom stereocenters. The molecule has 0 radical (unpaired) electrons. The number of nitrogens with one attached hydrogen (secondary N) is 1. The third-order valence-electron chi connectivity index (χ3n) is 2.76. The average molecular weight is 316 g/mol. The van der Waals surface area contributed by atoms with Crippen LogP contribution in [0.15, 0.2) is 11.1 Å². The number of amides is 1. The molecular formula is C12H18N3O5S-. The van der Waals surface area contributed by atoms with Gasteiger partial charge >= 0.3 is 6.09 Å². The lowest BCUT2D eigenvalue weighted by molar-refractivity contribution is 0.0503. The van der Waals surface area contributed by atoms with Gasteiger partial charge in [0.1, 0.15) is 10.5 Å². The molecule has 1 N–H and O–H groups in total. The largest absolute Gasteiger partial charge is 0.768 e. The summed E-state index contributed by atoms with van der Waals surface area (Å²) in [4.78, 5) is 11.6. The van der Waals surface area contributed by atoms with Gasteiger partial charge in [0.15, 0.2) is 0 Å². The molecule has 0 aromatic carbocycles. The Morgan fingerprint density at radius 3 is 3.00 bits per heavy atom. The van der Waals surface area contributed by atoms with E-state index in [9.17, 15) is 13.6 Å². The van der Waals surface area contributed by atoms with E-state index in [-0.39, 0.29) is 16.7 Å². The molecule has 118 valence electrons. The lowest BCUT2D eigenvalue weighted by Gasteiger charge is -2.26. The molecule has 2 atom stereocenters. The smallest absolute Gasteiger partial charge is 0.407 e. The summed E-state index contributed by atoms with van der Waals surface area (Å²) < 4.78 is 34.0. The number of hydrogen-bond donors (Lipinski definition) is 1. The first kappa shape index (κ1) is 15.8. The molecule has 0 saturated carbocycles. The van der Waals surface area contributed by atoms with Gasteiger partial charge in [0.05, 0.1) is 19.3 Å². The van der Waals surface area contributed by atoms with E-state index in [2.05, 4.69) is 10.4 Å². The van der Waals surface area contributed by atoms with Crippen molar-refractivity contribution < 1.29 is 23.0 Å². The van der Waals surface area contributed by atoms with Crippen LogP contribution < -0.4 is 10.1 Å². The molecule has 1 amide bonds. The van der Waals surface area contributed by atoms with Gasteiger partial charge in [-0.25, -0.2) is 9.48 Å². The summed E-state index contributed by atoms with van der Waals surface area (Å²) in [6, 6.07) is 0. The standard InChI is InChI=1S/C12H19N3O5S/c1-12(2,3)20-11(16)13-4-8-6-15-10(19-7-8)9(5-14-15)21(17)18/h5,8H,4,6-7H2,1-3H3,(H,13,16)(H,17,18)/p-1. The van der Waals surface area contributed by atoms with Crippen molar-refractivity contribution in [3.8, 4) is 5.88 Å². The SMILES string of the molecule is CC(C)(C)OC(=O)NCC1COc2c(S(=O)[O-])cnn2C1. The molecule has 2 rings (SSSR count). The van der Waals surface area contributed by atoms with Gasteiger partial charge in [0.25, 0.3) is 0 Å². The molecule has 2 heterocycles. The summed E-state index contributed by atoms with van der Waals surface area (Å²) in [6.45, 7) is 6.52. The average Bonchev–Trinajstić information content (AvgIpc) is 2.77. The van der Waals surface area contributed by atoms with Gasteiger partial charge < -0.3 is 19.3 Å². The van der Waals surface area contributed by atoms with E-state index in [1.54, 1.807) is 20.8 Å². The molecule has 0 aliphatic carbocycles. The highest BCUT2D eigenvalue weighted by atomic mass is 32.2. The maximum absolute atomic E-state index is 11.6. The quantitative estimate of drug-likeness (QED) is 0.821. The van der Waals surface area contributed by atoms with Crippen LogP contribution in [-0.2, 0) is 22.4 Å². The zero-order chi connectivity index (χ0) is 15.6. The minimum atomic E-state index is -2.37. The number of rotatable bonds is 3. The van der Waals surface area contributed by atoms with Gasteiger partial charge in [-0.05, 0) is 31.9 Å². The van der Waals surface area contributed by atoms with E-state index in [1.165, 1.54) is 10.9 Å². The second-order valence-electron chi connectivity index (χ2n) is 5.79. The fraction of sp³-hybridized carbons (Fsp3) is 0.667. The number of nitrogens with zero attached hydrogens (tertiary/aromatic N) is 2. The van der Waals surface area contributed by atoms with Crippen LogP contribution >= 0.6 is 0 Å². The molecule has 21 heavy (non-hydrogen) atoms. The van der Waals surface area contributed by atoms with E-state index in [0.29, 0.717) is 19.7 Å². The number of hydrogen-bond acceptors (Lipinski definition) is 6. The molecule has 0 spiro atoms. The number of carbonyl (C=O) groups is 1. The van der Waals surface area contributed by atoms with Crippen molar-refractivity contribution in [3.05, 3.63) is 6.20 Å². The summed E-state index contributed by atoms with van der Waals surface area (Å²) in [7, 11) is 0. The highest BCUT2D eigenvalue weighted by Gasteiger charge is 2.25. The van der Waals surface area contributed by atoms with E-state index in [0.717, 1.165) is 0 Å². The van der Waals surface area contributed by atoms with E-state index >= 15 is 0 Å². The van der Waals surface area contributed by atoms with Crippen molar-refractivity contribution in [1.29, 1.82) is 0 Å². The lowest BCUT2D eigenvalue weighted by atomic mass is 10.1. The molecule has 9 heteroatoms. The number of fused-ring (bicyclic) bond motifs is 1. The zero-order valence-electron chi connectivity index (χ0n) is 12.1. The highest BCUT2D eigenvalue weighted by molar-refractivity contribution is 7.79. The number of ether oxygens (including phenoxy) is 2. The minimum absolute atomic E-state index is 0.00199. The topological polar surface area (TPSA) is 106 Å². The second kappa shape index (κ2) is 6.02. The van der Waals surface area contributed by atoms with Crippen molar-refractivity contribution in [1.82, 2.24) is 15.1 Å². The van der Waals surface area contributed by atoms with Gasteiger partial charge in [-0.3, -0.25) is 4.21 Å². The Bertz CT molecular complexity index is 552. The van der Waals surface area contributed by atoms with E-state index < -0.39 is 22.8 Å². The maximum Gasteiger partial charge on any atom is 0.407 e. The summed E-state index contributed by atoms with van der Waals surface area (Å²) in [5.74, 6) is 0.245. The van der Waals surface area contributed by atoms with Crippen LogP contribution in [0.2, 0.25) is 0 Å². The van der Waals surface area contributed by atoms with Crippen LogP contribution in [0, 0.1) is 5.92 Å². The summed E-state index contributed by atoms with van der Waals surface area (Å²) >= 11 is -2.37. The van der Waals surface area contributed by atoms with Crippen molar-refractivity contribution in [2.75, 3.05) is 13.2 Å². The van der Waals surface area contributed by atoms with Gasteiger partial charge in [-0.15, -0.1) is 0 Å². The Kier molecular flexibility index (Phi) is 4.52. The molecule has 0 saturated heterocycles. The van der Waals surface area contributed by atoms with E-state index in [1.807, 2.05) is 0 Å².